The number of aryl methyl sites for hydroxylation is 1. The van der Waals surface area contributed by atoms with Gasteiger partial charge in [0.15, 0.2) is 0 Å². The number of sulfonamides is 1. The van der Waals surface area contributed by atoms with E-state index in [4.69, 9.17) is 4.74 Å². The highest BCUT2D eigenvalue weighted by molar-refractivity contribution is 7.89. The first-order chi connectivity index (χ1) is 12.8. The van der Waals surface area contributed by atoms with E-state index < -0.39 is 28.4 Å². The third kappa shape index (κ3) is 6.08. The summed E-state index contributed by atoms with van der Waals surface area (Å²) in [6.07, 6.45) is 0. The predicted molar refractivity (Wildman–Crippen MR) is 101 cm³/mol. The molecular weight excluding hydrogens is 370 g/mol. The first kappa shape index (κ1) is 20.4. The fraction of sp³-hybridized carbons (Fsp3) is 0.222. The molecule has 0 saturated carbocycles. The lowest BCUT2D eigenvalue weighted by molar-refractivity contribution is -0.123. The molecule has 2 aromatic carbocycles. The highest BCUT2D eigenvalue weighted by Gasteiger charge is 2.15. The Morgan fingerprint density at radius 2 is 1.63 bits per heavy atom. The molecule has 144 valence electrons. The van der Waals surface area contributed by atoms with Crippen molar-refractivity contribution in [1.29, 1.82) is 0 Å². The lowest BCUT2D eigenvalue weighted by Gasteiger charge is -2.11. The van der Waals surface area contributed by atoms with Crippen LogP contribution >= 0.6 is 0 Å². The standard InChI is InChI=1S/C18H21N3O5S/c1-13-7-9-14(10-8-13)27(24,25)20-12-17(22)19-11-18(23)21-15-5-3-4-6-16(15)26-2/h3-10,20H,11-12H2,1-2H3,(H,19,22)(H,21,23). The van der Waals surface area contributed by atoms with Crippen LogP contribution in [0.4, 0.5) is 5.69 Å². The zero-order chi connectivity index (χ0) is 19.9. The third-order valence-corrected chi connectivity index (χ3v) is 5.00. The maximum Gasteiger partial charge on any atom is 0.243 e. The molecule has 3 N–H and O–H groups in total. The molecule has 2 rings (SSSR count). The van der Waals surface area contributed by atoms with Crippen LogP contribution in [0.3, 0.4) is 0 Å². The first-order valence-electron chi connectivity index (χ1n) is 8.08. The summed E-state index contributed by atoms with van der Waals surface area (Å²) in [6, 6.07) is 13.1. The van der Waals surface area contributed by atoms with E-state index in [1.807, 2.05) is 6.92 Å². The van der Waals surface area contributed by atoms with Crippen molar-refractivity contribution in [2.24, 2.45) is 0 Å². The van der Waals surface area contributed by atoms with Gasteiger partial charge in [-0.05, 0) is 31.2 Å². The van der Waals surface area contributed by atoms with Crippen LogP contribution in [0.25, 0.3) is 0 Å². The summed E-state index contributed by atoms with van der Waals surface area (Å²) in [7, 11) is -2.32. The summed E-state index contributed by atoms with van der Waals surface area (Å²) in [6.45, 7) is 1.06. The molecule has 27 heavy (non-hydrogen) atoms. The van der Waals surface area contributed by atoms with E-state index in [2.05, 4.69) is 15.4 Å². The van der Waals surface area contributed by atoms with Gasteiger partial charge in [-0.2, -0.15) is 0 Å². The molecular formula is C18H21N3O5S. The van der Waals surface area contributed by atoms with Gasteiger partial charge in [0.1, 0.15) is 5.75 Å². The number of para-hydroxylation sites is 2. The van der Waals surface area contributed by atoms with Crippen molar-refractivity contribution in [2.75, 3.05) is 25.5 Å². The van der Waals surface area contributed by atoms with Gasteiger partial charge in [0.2, 0.25) is 21.8 Å². The summed E-state index contributed by atoms with van der Waals surface area (Å²) < 4.78 is 31.5. The molecule has 9 heteroatoms. The molecule has 0 spiro atoms. The van der Waals surface area contributed by atoms with Crippen molar-refractivity contribution < 1.29 is 22.7 Å². The number of rotatable bonds is 8. The minimum atomic E-state index is -3.80. The number of nitrogens with one attached hydrogen (secondary N) is 3. The molecule has 0 radical (unpaired) electrons. The number of hydrogen-bond acceptors (Lipinski definition) is 5. The minimum Gasteiger partial charge on any atom is -0.495 e. The second-order valence-electron chi connectivity index (χ2n) is 5.66. The molecule has 8 nitrogen and oxygen atoms in total. The molecule has 0 bridgehead atoms. The largest absolute Gasteiger partial charge is 0.495 e. The van der Waals surface area contributed by atoms with Gasteiger partial charge in [-0.1, -0.05) is 29.8 Å². The van der Waals surface area contributed by atoms with E-state index in [0.717, 1.165) is 5.56 Å². The highest BCUT2D eigenvalue weighted by Crippen LogP contribution is 2.22. The van der Waals surface area contributed by atoms with Gasteiger partial charge < -0.3 is 15.4 Å². The van der Waals surface area contributed by atoms with Crippen LogP contribution < -0.4 is 20.1 Å². The monoisotopic (exact) mass is 391 g/mol. The zero-order valence-electron chi connectivity index (χ0n) is 15.0. The molecule has 0 atom stereocenters. The summed E-state index contributed by atoms with van der Waals surface area (Å²) in [5, 5.41) is 4.96. The van der Waals surface area contributed by atoms with Crippen LogP contribution in [-0.2, 0) is 19.6 Å². The Bertz CT molecular complexity index is 911. The van der Waals surface area contributed by atoms with Gasteiger partial charge in [0.05, 0.1) is 30.8 Å². The number of benzene rings is 2. The Morgan fingerprint density at radius 1 is 0.963 bits per heavy atom. The number of amides is 2. The quantitative estimate of drug-likeness (QED) is 0.622. The average molecular weight is 391 g/mol. The van der Waals surface area contributed by atoms with Crippen LogP contribution in [-0.4, -0.2) is 40.4 Å². The van der Waals surface area contributed by atoms with Crippen LogP contribution in [0.15, 0.2) is 53.4 Å². The molecule has 0 fully saturated rings. The fourth-order valence-electron chi connectivity index (χ4n) is 2.14. The molecule has 2 aromatic rings. The Balaban J connectivity index is 1.82. The van der Waals surface area contributed by atoms with Crippen LogP contribution in [0.5, 0.6) is 5.75 Å². The van der Waals surface area contributed by atoms with Crippen molar-refractivity contribution in [3.05, 3.63) is 54.1 Å². The number of hydrogen-bond donors (Lipinski definition) is 3. The topological polar surface area (TPSA) is 114 Å². The molecule has 2 amide bonds. The fourth-order valence-corrected chi connectivity index (χ4v) is 3.13. The highest BCUT2D eigenvalue weighted by atomic mass is 32.2. The zero-order valence-corrected chi connectivity index (χ0v) is 15.8. The smallest absolute Gasteiger partial charge is 0.243 e. The molecule has 0 aliphatic rings. The van der Waals surface area contributed by atoms with Crippen LogP contribution in [0, 0.1) is 6.92 Å². The van der Waals surface area contributed by atoms with Crippen molar-refractivity contribution in [1.82, 2.24) is 10.0 Å². The Morgan fingerprint density at radius 3 is 2.30 bits per heavy atom. The van der Waals surface area contributed by atoms with Crippen LogP contribution in [0.2, 0.25) is 0 Å². The number of ether oxygens (including phenoxy) is 1. The summed E-state index contributed by atoms with van der Waals surface area (Å²) in [4.78, 5) is 23.8. The molecule has 0 aliphatic carbocycles. The first-order valence-corrected chi connectivity index (χ1v) is 9.56. The molecule has 0 heterocycles. The van der Waals surface area contributed by atoms with E-state index in [-0.39, 0.29) is 11.4 Å². The maximum absolute atomic E-state index is 12.1. The Kier molecular flexibility index (Phi) is 6.91. The predicted octanol–water partition coefficient (Wildman–Crippen LogP) is 1.04. The molecule has 0 aromatic heterocycles. The SMILES string of the molecule is COc1ccccc1NC(=O)CNC(=O)CNS(=O)(=O)c1ccc(C)cc1. The lowest BCUT2D eigenvalue weighted by Crippen LogP contribution is -2.40. The molecule has 0 saturated heterocycles. The van der Waals surface area contributed by atoms with E-state index in [1.54, 1.807) is 36.4 Å². The third-order valence-electron chi connectivity index (χ3n) is 3.58. The van der Waals surface area contributed by atoms with E-state index in [9.17, 15) is 18.0 Å². The maximum atomic E-state index is 12.1. The van der Waals surface area contributed by atoms with Gasteiger partial charge in [-0.15, -0.1) is 0 Å². The van der Waals surface area contributed by atoms with Gasteiger partial charge in [0.25, 0.3) is 0 Å². The van der Waals surface area contributed by atoms with Crippen molar-refractivity contribution >= 4 is 27.5 Å². The van der Waals surface area contributed by atoms with E-state index >= 15 is 0 Å². The minimum absolute atomic E-state index is 0.0646. The van der Waals surface area contributed by atoms with Gasteiger partial charge in [0, 0.05) is 0 Å². The van der Waals surface area contributed by atoms with E-state index in [1.165, 1.54) is 19.2 Å². The van der Waals surface area contributed by atoms with Crippen LogP contribution in [0.1, 0.15) is 5.56 Å². The second-order valence-corrected chi connectivity index (χ2v) is 7.43. The average Bonchev–Trinajstić information content (AvgIpc) is 2.65. The van der Waals surface area contributed by atoms with Crippen molar-refractivity contribution in [2.45, 2.75) is 11.8 Å². The Labute approximate surface area is 158 Å². The number of carbonyl (C=O) groups excluding carboxylic acids is 2. The van der Waals surface area contributed by atoms with Gasteiger partial charge in [-0.25, -0.2) is 13.1 Å². The van der Waals surface area contributed by atoms with Crippen molar-refractivity contribution in [3.8, 4) is 5.75 Å². The van der Waals surface area contributed by atoms with Gasteiger partial charge in [-0.3, -0.25) is 9.59 Å². The summed E-state index contributed by atoms with van der Waals surface area (Å²) >= 11 is 0. The second kappa shape index (κ2) is 9.15. The molecule has 0 aliphatic heterocycles. The lowest BCUT2D eigenvalue weighted by atomic mass is 10.2. The number of anilines is 1. The molecule has 0 unspecified atom stereocenters. The van der Waals surface area contributed by atoms with Crippen molar-refractivity contribution in [3.63, 3.8) is 0 Å². The van der Waals surface area contributed by atoms with Gasteiger partial charge >= 0.3 is 0 Å². The van der Waals surface area contributed by atoms with E-state index in [0.29, 0.717) is 11.4 Å². The number of methoxy groups -OCH3 is 1. The normalized spacial score (nSPS) is 10.9. The number of carbonyl (C=O) groups is 2. The Hall–Kier alpha value is -2.91. The summed E-state index contributed by atoms with van der Waals surface area (Å²) in [5.74, 6) is -0.599. The summed E-state index contributed by atoms with van der Waals surface area (Å²) in [5.41, 5.74) is 1.40.